The Bertz CT molecular complexity index is 184. The van der Waals surface area contributed by atoms with Crippen LogP contribution in [-0.4, -0.2) is 41.6 Å². The number of nitrogens with one attached hydrogen (secondary N) is 2. The molecule has 1 aliphatic heterocycles. The second-order valence-electron chi connectivity index (χ2n) is 1.76. The molecule has 0 spiro atoms. The Labute approximate surface area is 78.9 Å². The lowest BCUT2D eigenvalue weighted by Crippen LogP contribution is -2.46. The van der Waals surface area contributed by atoms with Crippen molar-refractivity contribution in [2.45, 2.75) is 6.42 Å². The van der Waals surface area contributed by atoms with Crippen molar-refractivity contribution in [3.63, 3.8) is 0 Å². The fourth-order valence-corrected chi connectivity index (χ4v) is 0.523. The van der Waals surface area contributed by atoms with Crippen LogP contribution >= 0.6 is 0 Å². The van der Waals surface area contributed by atoms with Crippen LogP contribution in [0.3, 0.4) is 0 Å². The van der Waals surface area contributed by atoms with Crippen LogP contribution in [0.5, 0.6) is 0 Å². The van der Waals surface area contributed by atoms with E-state index in [9.17, 15) is 9.59 Å². The SMILES string of the molecule is O=C1CCNC(=O)N1.O=CO.O=CO. The zero-order valence-corrected chi connectivity index (χ0v) is 7.10. The molecule has 4 N–H and O–H groups in total. The van der Waals surface area contributed by atoms with E-state index in [4.69, 9.17) is 19.8 Å². The maximum Gasteiger partial charge on any atom is 0.321 e. The molecule has 1 saturated heterocycles. The minimum Gasteiger partial charge on any atom is -0.483 e. The normalized spacial score (nSPS) is 12.9. The monoisotopic (exact) mass is 206 g/mol. The lowest BCUT2D eigenvalue weighted by Gasteiger charge is -2.10. The number of carboxylic acid groups (broad SMARTS) is 2. The smallest absolute Gasteiger partial charge is 0.321 e. The van der Waals surface area contributed by atoms with Gasteiger partial charge in [-0.2, -0.15) is 0 Å². The summed E-state index contributed by atoms with van der Waals surface area (Å²) in [7, 11) is 0. The van der Waals surface area contributed by atoms with E-state index >= 15 is 0 Å². The van der Waals surface area contributed by atoms with Crippen LogP contribution in [-0.2, 0) is 14.4 Å². The van der Waals surface area contributed by atoms with Crippen LogP contribution in [0.2, 0.25) is 0 Å². The minimum atomic E-state index is -0.388. The zero-order valence-electron chi connectivity index (χ0n) is 7.10. The number of hydrogen-bond donors (Lipinski definition) is 4. The summed E-state index contributed by atoms with van der Waals surface area (Å²) in [6.07, 6.45) is 0.395. The Morgan fingerprint density at radius 3 is 1.79 bits per heavy atom. The molecular weight excluding hydrogens is 196 g/mol. The summed E-state index contributed by atoms with van der Waals surface area (Å²) in [5.41, 5.74) is 0. The van der Waals surface area contributed by atoms with Gasteiger partial charge in [-0.3, -0.25) is 19.7 Å². The van der Waals surface area contributed by atoms with E-state index in [-0.39, 0.29) is 24.9 Å². The summed E-state index contributed by atoms with van der Waals surface area (Å²) >= 11 is 0. The molecule has 0 unspecified atom stereocenters. The molecule has 1 heterocycles. The Morgan fingerprint density at radius 1 is 1.14 bits per heavy atom. The van der Waals surface area contributed by atoms with Crippen LogP contribution in [0, 0.1) is 0 Å². The molecule has 1 fully saturated rings. The molecule has 80 valence electrons. The number of hydrogen-bond acceptors (Lipinski definition) is 4. The second kappa shape index (κ2) is 10.9. The fraction of sp³-hybridized carbons (Fsp3) is 0.333. The van der Waals surface area contributed by atoms with Gasteiger partial charge in [0.15, 0.2) is 0 Å². The molecule has 0 saturated carbocycles. The third kappa shape index (κ3) is 12.5. The molecule has 0 radical (unpaired) electrons. The highest BCUT2D eigenvalue weighted by molar-refractivity contribution is 5.96. The standard InChI is InChI=1S/C4H6N2O2.2CH2O2/c7-3-1-2-5-4(8)6-3;2*2-1-3/h1-2H2,(H2,5,6,7,8);2*1H,(H,2,3). The summed E-state index contributed by atoms with van der Waals surface area (Å²) in [6, 6.07) is -0.388. The van der Waals surface area contributed by atoms with Crippen molar-refractivity contribution in [2.75, 3.05) is 6.54 Å². The van der Waals surface area contributed by atoms with Crippen LogP contribution in [0.15, 0.2) is 0 Å². The van der Waals surface area contributed by atoms with E-state index < -0.39 is 0 Å². The van der Waals surface area contributed by atoms with Gasteiger partial charge in [-0.05, 0) is 0 Å². The molecule has 0 aromatic heterocycles. The number of amides is 3. The first-order valence-electron chi connectivity index (χ1n) is 3.35. The van der Waals surface area contributed by atoms with Crippen LogP contribution < -0.4 is 10.6 Å². The lowest BCUT2D eigenvalue weighted by atomic mass is 10.3. The molecule has 3 amide bonds. The van der Waals surface area contributed by atoms with E-state index in [0.29, 0.717) is 13.0 Å². The van der Waals surface area contributed by atoms with Crippen molar-refractivity contribution in [3.8, 4) is 0 Å². The summed E-state index contributed by atoms with van der Waals surface area (Å²) in [6.45, 7) is -0.0370. The van der Waals surface area contributed by atoms with Crippen molar-refractivity contribution in [1.29, 1.82) is 0 Å². The van der Waals surface area contributed by atoms with Crippen molar-refractivity contribution >= 4 is 24.9 Å². The Morgan fingerprint density at radius 2 is 1.57 bits per heavy atom. The number of carbonyl (C=O) groups excluding carboxylic acids is 2. The topological polar surface area (TPSA) is 133 Å². The molecular formula is C6H10N2O6. The zero-order chi connectivity index (χ0) is 11.4. The molecule has 0 aromatic carbocycles. The first kappa shape index (κ1) is 14.4. The molecule has 0 aliphatic carbocycles. The third-order valence-corrected chi connectivity index (χ3v) is 0.891. The third-order valence-electron chi connectivity index (χ3n) is 0.891. The lowest BCUT2D eigenvalue weighted by molar-refractivity contribution is -0.123. The Kier molecular flexibility index (Phi) is 11.2. The van der Waals surface area contributed by atoms with E-state index in [1.54, 1.807) is 0 Å². The quantitative estimate of drug-likeness (QED) is 0.361. The van der Waals surface area contributed by atoms with Crippen LogP contribution in [0.1, 0.15) is 6.42 Å². The number of rotatable bonds is 0. The Hall–Kier alpha value is -2.12. The van der Waals surface area contributed by atoms with E-state index in [0.717, 1.165) is 0 Å². The average molecular weight is 206 g/mol. The molecule has 14 heavy (non-hydrogen) atoms. The average Bonchev–Trinajstić information content (AvgIpc) is 2.06. The van der Waals surface area contributed by atoms with Gasteiger partial charge in [0, 0.05) is 13.0 Å². The fourth-order valence-electron chi connectivity index (χ4n) is 0.523. The van der Waals surface area contributed by atoms with Gasteiger partial charge in [0.05, 0.1) is 0 Å². The van der Waals surface area contributed by atoms with Gasteiger partial charge in [0.2, 0.25) is 5.91 Å². The summed E-state index contributed by atoms with van der Waals surface area (Å²) in [5.74, 6) is -0.200. The van der Waals surface area contributed by atoms with Gasteiger partial charge in [0.1, 0.15) is 0 Å². The van der Waals surface area contributed by atoms with Gasteiger partial charge in [-0.1, -0.05) is 0 Å². The van der Waals surface area contributed by atoms with Crippen molar-refractivity contribution in [3.05, 3.63) is 0 Å². The summed E-state index contributed by atoms with van der Waals surface area (Å²) in [5, 5.41) is 18.3. The maximum atomic E-state index is 10.3. The second-order valence-corrected chi connectivity index (χ2v) is 1.76. The van der Waals surface area contributed by atoms with Gasteiger partial charge in [-0.15, -0.1) is 0 Å². The van der Waals surface area contributed by atoms with Crippen LogP contribution in [0.4, 0.5) is 4.79 Å². The van der Waals surface area contributed by atoms with Crippen molar-refractivity contribution < 1.29 is 29.4 Å². The predicted octanol–water partition coefficient (Wildman–Crippen LogP) is -1.38. The number of imide groups is 1. The van der Waals surface area contributed by atoms with Gasteiger partial charge in [-0.25, -0.2) is 4.79 Å². The highest BCUT2D eigenvalue weighted by Crippen LogP contribution is 1.82. The van der Waals surface area contributed by atoms with Crippen molar-refractivity contribution in [1.82, 2.24) is 10.6 Å². The molecule has 8 heteroatoms. The predicted molar refractivity (Wildman–Crippen MR) is 43.5 cm³/mol. The number of carbonyl (C=O) groups is 4. The highest BCUT2D eigenvalue weighted by Gasteiger charge is 2.11. The molecule has 0 atom stereocenters. The summed E-state index contributed by atoms with van der Waals surface area (Å²) < 4.78 is 0. The number of urea groups is 1. The van der Waals surface area contributed by atoms with Crippen molar-refractivity contribution in [2.24, 2.45) is 0 Å². The van der Waals surface area contributed by atoms with Gasteiger partial charge >= 0.3 is 6.03 Å². The van der Waals surface area contributed by atoms with E-state index in [1.807, 2.05) is 0 Å². The Balaban J connectivity index is 0. The molecule has 1 aliphatic rings. The maximum absolute atomic E-state index is 10.3. The largest absolute Gasteiger partial charge is 0.483 e. The first-order valence-corrected chi connectivity index (χ1v) is 3.35. The molecule has 8 nitrogen and oxygen atoms in total. The first-order chi connectivity index (χ1) is 6.62. The van der Waals surface area contributed by atoms with Gasteiger partial charge < -0.3 is 15.5 Å². The summed E-state index contributed by atoms with van der Waals surface area (Å²) in [4.78, 5) is 37.3. The van der Waals surface area contributed by atoms with Crippen LogP contribution in [0.25, 0.3) is 0 Å². The minimum absolute atomic E-state index is 0.200. The molecule has 1 rings (SSSR count). The van der Waals surface area contributed by atoms with Gasteiger partial charge in [0.25, 0.3) is 12.9 Å². The van der Waals surface area contributed by atoms with E-state index in [2.05, 4.69) is 10.6 Å². The van der Waals surface area contributed by atoms with E-state index in [1.165, 1.54) is 0 Å². The molecule has 0 aromatic rings. The molecule has 0 bridgehead atoms. The highest BCUT2D eigenvalue weighted by atomic mass is 16.3.